The fourth-order valence-electron chi connectivity index (χ4n) is 5.01. The Morgan fingerprint density at radius 2 is 1.75 bits per heavy atom. The van der Waals surface area contributed by atoms with Gasteiger partial charge in [-0.3, -0.25) is 9.36 Å². The fraction of sp³-hybridized carbons (Fsp3) is 0.242. The summed E-state index contributed by atoms with van der Waals surface area (Å²) in [5.74, 6) is 0.442. The Labute approximate surface area is 273 Å². The van der Waals surface area contributed by atoms with Gasteiger partial charge in [0.2, 0.25) is 0 Å². The Bertz CT molecular complexity index is 1930. The summed E-state index contributed by atoms with van der Waals surface area (Å²) in [5.41, 5.74) is 2.45. The summed E-state index contributed by atoms with van der Waals surface area (Å²) < 4.78 is 19.2. The normalized spacial score (nSPS) is 14.7. The van der Waals surface area contributed by atoms with Crippen LogP contribution in [0.3, 0.4) is 0 Å². The topological polar surface area (TPSA) is 79.1 Å². The lowest BCUT2D eigenvalue weighted by Gasteiger charge is -2.27. The van der Waals surface area contributed by atoms with Gasteiger partial charge in [0.1, 0.15) is 24.1 Å². The van der Waals surface area contributed by atoms with Crippen LogP contribution in [0, 0.1) is 0 Å². The van der Waals surface area contributed by atoms with Crippen molar-refractivity contribution < 1.29 is 19.0 Å². The van der Waals surface area contributed by atoms with Gasteiger partial charge in [-0.15, -0.1) is 0 Å². The molecule has 3 aromatic carbocycles. The number of ether oxygens (including phenoxy) is 3. The van der Waals surface area contributed by atoms with Crippen LogP contribution >= 0.6 is 46.1 Å². The Morgan fingerprint density at radius 3 is 2.45 bits per heavy atom. The van der Waals surface area contributed by atoms with Crippen LogP contribution in [0.5, 0.6) is 11.5 Å². The zero-order valence-electron chi connectivity index (χ0n) is 24.2. The largest absolute Gasteiger partial charge is 0.496 e. The molecular weight excluding hydrogens is 643 g/mol. The van der Waals surface area contributed by atoms with Gasteiger partial charge in [0.25, 0.3) is 5.56 Å². The van der Waals surface area contributed by atoms with E-state index in [0.29, 0.717) is 59.1 Å². The van der Waals surface area contributed by atoms with E-state index in [1.54, 1.807) is 55.5 Å². The molecule has 44 heavy (non-hydrogen) atoms. The maximum atomic E-state index is 14.2. The van der Waals surface area contributed by atoms with Crippen molar-refractivity contribution >= 4 is 58.2 Å². The van der Waals surface area contributed by atoms with Gasteiger partial charge in [0, 0.05) is 31.8 Å². The molecule has 5 rings (SSSR count). The second-order valence-electron chi connectivity index (χ2n) is 9.86. The Morgan fingerprint density at radius 1 is 1.02 bits per heavy atom. The molecule has 0 saturated heterocycles. The molecule has 1 aromatic heterocycles. The van der Waals surface area contributed by atoms with Crippen molar-refractivity contribution in [2.45, 2.75) is 39.3 Å². The van der Waals surface area contributed by atoms with E-state index in [9.17, 15) is 9.59 Å². The zero-order valence-corrected chi connectivity index (χ0v) is 27.3. The SMILES string of the molecule is CCCC1=C(C(=O)OCC)[C@@H](c2cc(Cl)ccc2OC)n2c(s/c(=C/c3cc(Cl)ccc3OCc3ccccc3Cl)c2=O)=N1. The Hall–Kier alpha value is -3.56. The number of aromatic nitrogens is 1. The summed E-state index contributed by atoms with van der Waals surface area (Å²) >= 11 is 20.4. The first kappa shape index (κ1) is 31.9. The van der Waals surface area contributed by atoms with E-state index in [2.05, 4.69) is 0 Å². The number of methoxy groups -OCH3 is 1. The standard InChI is InChI=1S/C33H29Cl3N2O5S/c1-4-8-25-29(32(40)42-5-2)30(23-17-22(35)12-14-27(23)41-3)38-31(39)28(44-33(38)37-25)16-20-15-21(34)11-13-26(20)43-18-19-9-6-7-10-24(19)36/h6-7,9-17,30H,4-5,8,18H2,1-3H3/b28-16+/t30-/m1/s1. The Balaban J connectivity index is 1.70. The highest BCUT2D eigenvalue weighted by atomic mass is 35.5. The van der Waals surface area contributed by atoms with Crippen molar-refractivity contribution in [2.75, 3.05) is 13.7 Å². The van der Waals surface area contributed by atoms with Crippen molar-refractivity contribution in [3.05, 3.63) is 123 Å². The number of fused-ring (bicyclic) bond motifs is 1. The number of halogens is 3. The summed E-state index contributed by atoms with van der Waals surface area (Å²) in [6, 6.07) is 16.8. The Kier molecular flexibility index (Phi) is 10.2. The molecule has 2 heterocycles. The second-order valence-corrected chi connectivity index (χ2v) is 12.2. The van der Waals surface area contributed by atoms with E-state index in [1.165, 1.54) is 23.0 Å². The predicted octanol–water partition coefficient (Wildman–Crippen LogP) is 7.13. The number of esters is 1. The van der Waals surface area contributed by atoms with Crippen LogP contribution in [-0.4, -0.2) is 24.3 Å². The number of nitrogens with zero attached hydrogens (tertiary/aromatic N) is 2. The highest BCUT2D eigenvalue weighted by molar-refractivity contribution is 7.07. The van der Waals surface area contributed by atoms with E-state index in [1.807, 2.05) is 25.1 Å². The molecule has 0 saturated carbocycles. The number of thiazole rings is 1. The van der Waals surface area contributed by atoms with Gasteiger partial charge < -0.3 is 14.2 Å². The van der Waals surface area contributed by atoms with E-state index < -0.39 is 12.0 Å². The summed E-state index contributed by atoms with van der Waals surface area (Å²) in [6.07, 6.45) is 2.95. The average Bonchev–Trinajstić information content (AvgIpc) is 3.31. The number of carbonyl (C=O) groups excluding carboxylic acids is 1. The van der Waals surface area contributed by atoms with Crippen LogP contribution in [0.1, 0.15) is 49.4 Å². The van der Waals surface area contributed by atoms with Crippen LogP contribution in [0.15, 0.2) is 81.7 Å². The molecule has 0 bridgehead atoms. The third-order valence-corrected chi connectivity index (χ3v) is 8.80. The molecular formula is C33H29Cl3N2O5S. The third kappa shape index (κ3) is 6.59. The average molecular weight is 672 g/mol. The smallest absolute Gasteiger partial charge is 0.338 e. The lowest BCUT2D eigenvalue weighted by Crippen LogP contribution is -2.40. The van der Waals surface area contributed by atoms with Gasteiger partial charge in [-0.1, -0.05) is 77.7 Å². The lowest BCUT2D eigenvalue weighted by atomic mass is 9.93. The highest BCUT2D eigenvalue weighted by Crippen LogP contribution is 2.38. The van der Waals surface area contributed by atoms with Crippen LogP contribution < -0.4 is 24.4 Å². The molecule has 4 aromatic rings. The van der Waals surface area contributed by atoms with E-state index in [-0.39, 0.29) is 24.3 Å². The molecule has 11 heteroatoms. The maximum Gasteiger partial charge on any atom is 0.338 e. The minimum atomic E-state index is -0.877. The fourth-order valence-corrected chi connectivity index (χ4v) is 6.57. The number of benzene rings is 3. The van der Waals surface area contributed by atoms with Crippen molar-refractivity contribution in [3.8, 4) is 11.5 Å². The van der Waals surface area contributed by atoms with Crippen molar-refractivity contribution in [1.29, 1.82) is 0 Å². The number of carbonyl (C=O) groups is 1. The zero-order chi connectivity index (χ0) is 31.4. The maximum absolute atomic E-state index is 14.2. The molecule has 228 valence electrons. The third-order valence-electron chi connectivity index (χ3n) is 6.98. The van der Waals surface area contributed by atoms with E-state index in [0.717, 1.165) is 12.0 Å². The first-order valence-corrected chi connectivity index (χ1v) is 15.9. The molecule has 0 unspecified atom stereocenters. The molecule has 0 aliphatic carbocycles. The van der Waals surface area contributed by atoms with Crippen molar-refractivity contribution in [2.24, 2.45) is 4.99 Å². The summed E-state index contributed by atoms with van der Waals surface area (Å²) in [7, 11) is 1.53. The van der Waals surface area contributed by atoms with Gasteiger partial charge in [-0.25, -0.2) is 9.79 Å². The number of rotatable bonds is 10. The molecule has 0 spiro atoms. The molecule has 1 aliphatic rings. The number of hydrogen-bond acceptors (Lipinski definition) is 7. The van der Waals surface area contributed by atoms with Gasteiger partial charge >= 0.3 is 5.97 Å². The van der Waals surface area contributed by atoms with Crippen LogP contribution in [-0.2, 0) is 16.1 Å². The van der Waals surface area contributed by atoms with Crippen LogP contribution in [0.25, 0.3) is 6.08 Å². The van der Waals surface area contributed by atoms with Crippen LogP contribution in [0.4, 0.5) is 0 Å². The summed E-state index contributed by atoms with van der Waals surface area (Å²) in [6.45, 7) is 4.12. The molecule has 0 amide bonds. The van der Waals surface area contributed by atoms with Crippen molar-refractivity contribution in [1.82, 2.24) is 4.57 Å². The molecule has 7 nitrogen and oxygen atoms in total. The molecule has 0 N–H and O–H groups in total. The first-order chi connectivity index (χ1) is 21.2. The summed E-state index contributed by atoms with van der Waals surface area (Å²) in [5, 5.41) is 1.50. The predicted molar refractivity (Wildman–Crippen MR) is 175 cm³/mol. The van der Waals surface area contributed by atoms with E-state index in [4.69, 9.17) is 54.0 Å². The number of allylic oxidation sites excluding steroid dienone is 1. The monoisotopic (exact) mass is 670 g/mol. The van der Waals surface area contributed by atoms with Crippen LogP contribution in [0.2, 0.25) is 15.1 Å². The van der Waals surface area contributed by atoms with E-state index >= 15 is 0 Å². The molecule has 1 atom stereocenters. The molecule has 0 fully saturated rings. The second kappa shape index (κ2) is 14.0. The molecule has 0 radical (unpaired) electrons. The van der Waals surface area contributed by atoms with Gasteiger partial charge in [-0.2, -0.15) is 0 Å². The number of hydrogen-bond donors (Lipinski definition) is 0. The van der Waals surface area contributed by atoms with Gasteiger partial charge in [0.15, 0.2) is 4.80 Å². The first-order valence-electron chi connectivity index (χ1n) is 14.0. The minimum absolute atomic E-state index is 0.164. The highest BCUT2D eigenvalue weighted by Gasteiger charge is 2.36. The molecule has 1 aliphatic heterocycles. The van der Waals surface area contributed by atoms with Gasteiger partial charge in [-0.05, 0) is 61.9 Å². The minimum Gasteiger partial charge on any atom is -0.496 e. The lowest BCUT2D eigenvalue weighted by molar-refractivity contribution is -0.139. The summed E-state index contributed by atoms with van der Waals surface area (Å²) in [4.78, 5) is 33.0. The van der Waals surface area contributed by atoms with Crippen molar-refractivity contribution in [3.63, 3.8) is 0 Å². The quantitative estimate of drug-likeness (QED) is 0.168. The van der Waals surface area contributed by atoms with Gasteiger partial charge in [0.05, 0.1) is 29.5 Å².